The fourth-order valence-electron chi connectivity index (χ4n) is 3.68. The van der Waals surface area contributed by atoms with Crippen molar-refractivity contribution in [2.45, 2.75) is 13.5 Å². The van der Waals surface area contributed by atoms with Crippen LogP contribution in [0.2, 0.25) is 0 Å². The van der Waals surface area contributed by atoms with Crippen LogP contribution in [0.25, 0.3) is 27.6 Å². The van der Waals surface area contributed by atoms with E-state index < -0.39 is 17.2 Å². The fraction of sp³-hybridized carbons (Fsp3) is 0.190. The van der Waals surface area contributed by atoms with Gasteiger partial charge in [0.15, 0.2) is 0 Å². The molecule has 1 amide bonds. The van der Waals surface area contributed by atoms with Gasteiger partial charge in [-0.05, 0) is 37.3 Å². The number of aryl methyl sites for hydroxylation is 2. The molecule has 2 N–H and O–H groups in total. The van der Waals surface area contributed by atoms with Crippen LogP contribution < -0.4 is 21.7 Å². The van der Waals surface area contributed by atoms with E-state index in [0.29, 0.717) is 27.9 Å². The smallest absolute Gasteiger partial charge is 0.336 e. The van der Waals surface area contributed by atoms with Gasteiger partial charge in [-0.25, -0.2) is 9.36 Å². The first-order valence-corrected chi connectivity index (χ1v) is 9.01. The van der Waals surface area contributed by atoms with Crippen molar-refractivity contribution in [3.05, 3.63) is 68.9 Å². The van der Waals surface area contributed by atoms with Crippen molar-refractivity contribution in [1.82, 2.24) is 13.7 Å². The lowest BCUT2D eigenvalue weighted by molar-refractivity contribution is -0.118. The van der Waals surface area contributed by atoms with Gasteiger partial charge in [-0.15, -0.1) is 0 Å². The molecule has 8 nitrogen and oxygen atoms in total. The number of hydrogen-bond acceptors (Lipinski definition) is 4. The van der Waals surface area contributed by atoms with Crippen LogP contribution in [0.3, 0.4) is 0 Å². The van der Waals surface area contributed by atoms with Gasteiger partial charge in [-0.3, -0.25) is 14.2 Å². The molecule has 0 aliphatic carbocycles. The molecule has 148 valence electrons. The van der Waals surface area contributed by atoms with Crippen LogP contribution in [0.15, 0.2) is 52.1 Å². The summed E-state index contributed by atoms with van der Waals surface area (Å²) in [6, 6.07) is 12.4. The monoisotopic (exact) mass is 392 g/mol. The summed E-state index contributed by atoms with van der Waals surface area (Å²) in [5, 5.41) is 0.633. The maximum Gasteiger partial charge on any atom is 0.336 e. The summed E-state index contributed by atoms with van der Waals surface area (Å²) < 4.78 is 9.33. The molecule has 0 saturated heterocycles. The number of nitrogens with zero attached hydrogens (tertiary/aromatic N) is 3. The molecule has 0 bridgehead atoms. The summed E-state index contributed by atoms with van der Waals surface area (Å²) in [6.45, 7) is 1.57. The third-order valence-corrected chi connectivity index (χ3v) is 5.08. The maximum atomic E-state index is 13.4. The van der Waals surface area contributed by atoms with Crippen molar-refractivity contribution in [2.24, 2.45) is 12.8 Å². The van der Waals surface area contributed by atoms with Gasteiger partial charge in [-0.2, -0.15) is 0 Å². The summed E-state index contributed by atoms with van der Waals surface area (Å²) in [7, 11) is 3.28. The fourth-order valence-corrected chi connectivity index (χ4v) is 3.68. The number of carbonyl (C=O) groups excluding carboxylic acids is 1. The minimum Gasteiger partial charge on any atom is -0.497 e. The second-order valence-corrected chi connectivity index (χ2v) is 6.95. The predicted molar refractivity (Wildman–Crippen MR) is 111 cm³/mol. The summed E-state index contributed by atoms with van der Waals surface area (Å²) >= 11 is 0. The molecule has 0 aliphatic rings. The molecule has 29 heavy (non-hydrogen) atoms. The molecule has 0 radical (unpaired) electrons. The van der Waals surface area contributed by atoms with E-state index in [1.165, 1.54) is 11.7 Å². The van der Waals surface area contributed by atoms with Crippen molar-refractivity contribution in [3.8, 4) is 11.4 Å². The van der Waals surface area contributed by atoms with Crippen molar-refractivity contribution >= 4 is 27.8 Å². The van der Waals surface area contributed by atoms with Crippen molar-refractivity contribution < 1.29 is 9.53 Å². The number of primary amides is 1. The number of hydrogen-bond donors (Lipinski definition) is 1. The van der Waals surface area contributed by atoms with Gasteiger partial charge in [0.05, 0.1) is 23.8 Å². The standard InChI is InChI=1S/C21H20N4O4/c1-12-4-6-13(7-5-12)25-20(27)19-18(24(21(25)28)11-17(22)26)15-10-14(29-3)8-9-16(15)23(19)2/h4-10H,11H2,1-3H3,(H2,22,26). The summed E-state index contributed by atoms with van der Waals surface area (Å²) in [5.74, 6) is -0.104. The molecule has 0 atom stereocenters. The van der Waals surface area contributed by atoms with Gasteiger partial charge in [-0.1, -0.05) is 17.7 Å². The normalized spacial score (nSPS) is 11.3. The third-order valence-electron chi connectivity index (χ3n) is 5.08. The van der Waals surface area contributed by atoms with Crippen LogP contribution in [0, 0.1) is 6.92 Å². The van der Waals surface area contributed by atoms with Crippen LogP contribution in [-0.2, 0) is 18.4 Å². The Labute approximate surface area is 165 Å². The second-order valence-electron chi connectivity index (χ2n) is 6.95. The number of methoxy groups -OCH3 is 1. The summed E-state index contributed by atoms with van der Waals surface area (Å²) in [5.41, 5.74) is 7.15. The van der Waals surface area contributed by atoms with Gasteiger partial charge in [0.25, 0.3) is 5.56 Å². The molecule has 4 rings (SSSR count). The number of fused-ring (bicyclic) bond motifs is 3. The number of rotatable bonds is 4. The maximum absolute atomic E-state index is 13.4. The van der Waals surface area contributed by atoms with Crippen molar-refractivity contribution in [2.75, 3.05) is 7.11 Å². The second kappa shape index (κ2) is 6.66. The van der Waals surface area contributed by atoms with Gasteiger partial charge in [0.2, 0.25) is 5.91 Å². The highest BCUT2D eigenvalue weighted by atomic mass is 16.5. The zero-order chi connectivity index (χ0) is 20.9. The van der Waals surface area contributed by atoms with E-state index in [0.717, 1.165) is 15.6 Å². The van der Waals surface area contributed by atoms with Crippen LogP contribution in [0.5, 0.6) is 5.75 Å². The molecule has 0 aliphatic heterocycles. The van der Waals surface area contributed by atoms with Gasteiger partial charge in [0, 0.05) is 12.4 Å². The van der Waals surface area contributed by atoms with E-state index in [1.807, 2.05) is 25.1 Å². The lowest BCUT2D eigenvalue weighted by Gasteiger charge is -2.12. The minimum absolute atomic E-state index is 0.301. The van der Waals surface area contributed by atoms with Gasteiger partial charge < -0.3 is 15.0 Å². The van der Waals surface area contributed by atoms with E-state index in [9.17, 15) is 14.4 Å². The lowest BCUT2D eigenvalue weighted by atomic mass is 10.2. The predicted octanol–water partition coefficient (Wildman–Crippen LogP) is 1.45. The quantitative estimate of drug-likeness (QED) is 0.568. The molecule has 4 aromatic rings. The largest absolute Gasteiger partial charge is 0.497 e. The Morgan fingerprint density at radius 2 is 1.76 bits per heavy atom. The first kappa shape index (κ1) is 18.5. The van der Waals surface area contributed by atoms with E-state index in [-0.39, 0.29) is 6.54 Å². The van der Waals surface area contributed by atoms with E-state index >= 15 is 0 Å². The Balaban J connectivity index is 2.23. The molecule has 8 heteroatoms. The first-order valence-electron chi connectivity index (χ1n) is 9.01. The first-order chi connectivity index (χ1) is 13.8. The van der Waals surface area contributed by atoms with E-state index in [2.05, 4.69) is 0 Å². The number of aromatic nitrogens is 3. The molecule has 2 heterocycles. The molecular weight excluding hydrogens is 372 g/mol. The van der Waals surface area contributed by atoms with Gasteiger partial charge >= 0.3 is 5.69 Å². The number of nitrogens with two attached hydrogens (primary N) is 1. The average Bonchev–Trinajstić information content (AvgIpc) is 2.98. The minimum atomic E-state index is -0.678. The van der Waals surface area contributed by atoms with E-state index in [4.69, 9.17) is 10.5 Å². The number of benzene rings is 2. The highest BCUT2D eigenvalue weighted by Crippen LogP contribution is 2.29. The highest BCUT2D eigenvalue weighted by molar-refractivity contribution is 6.06. The summed E-state index contributed by atoms with van der Waals surface area (Å²) in [4.78, 5) is 38.5. The van der Waals surface area contributed by atoms with Crippen LogP contribution in [-0.4, -0.2) is 26.7 Å². The molecule has 0 saturated carbocycles. The van der Waals surface area contributed by atoms with E-state index in [1.54, 1.807) is 35.9 Å². The zero-order valence-electron chi connectivity index (χ0n) is 16.3. The van der Waals surface area contributed by atoms with Crippen LogP contribution >= 0.6 is 0 Å². The Bertz CT molecular complexity index is 1390. The zero-order valence-corrected chi connectivity index (χ0v) is 16.3. The molecule has 0 fully saturated rings. The molecule has 0 spiro atoms. The lowest BCUT2D eigenvalue weighted by Crippen LogP contribution is -2.41. The van der Waals surface area contributed by atoms with Gasteiger partial charge in [0.1, 0.15) is 17.8 Å². The molecule has 0 unspecified atom stereocenters. The molecular formula is C21H20N4O4. The average molecular weight is 392 g/mol. The van der Waals surface area contributed by atoms with Crippen molar-refractivity contribution in [1.29, 1.82) is 0 Å². The Kier molecular flexibility index (Phi) is 4.26. The molecule has 2 aromatic heterocycles. The van der Waals surface area contributed by atoms with Crippen LogP contribution in [0.1, 0.15) is 5.56 Å². The Morgan fingerprint density at radius 3 is 2.38 bits per heavy atom. The molecule has 2 aromatic carbocycles. The highest BCUT2D eigenvalue weighted by Gasteiger charge is 2.22. The van der Waals surface area contributed by atoms with Crippen molar-refractivity contribution in [3.63, 3.8) is 0 Å². The Hall–Kier alpha value is -3.81. The summed E-state index contributed by atoms with van der Waals surface area (Å²) in [6.07, 6.45) is 0. The number of carbonyl (C=O) groups is 1. The topological polar surface area (TPSA) is 101 Å². The SMILES string of the molecule is COc1ccc2c(c1)c1c(c(=O)n(-c3ccc(C)cc3)c(=O)n1CC(N)=O)n2C. The number of ether oxygens (including phenoxy) is 1. The third kappa shape index (κ3) is 2.80. The number of amides is 1. The van der Waals surface area contributed by atoms with Crippen LogP contribution in [0.4, 0.5) is 0 Å². The Morgan fingerprint density at radius 1 is 1.07 bits per heavy atom.